The zero-order valence-corrected chi connectivity index (χ0v) is 20.3. The van der Waals surface area contributed by atoms with Crippen molar-refractivity contribution in [2.45, 2.75) is 58.5 Å². The van der Waals surface area contributed by atoms with Gasteiger partial charge in [0.15, 0.2) is 11.3 Å². The van der Waals surface area contributed by atoms with Crippen LogP contribution in [0.25, 0.3) is 28.2 Å². The maximum absolute atomic E-state index is 13.4. The second-order valence-corrected chi connectivity index (χ2v) is 8.79. The quantitative estimate of drug-likeness (QED) is 0.252. The van der Waals surface area contributed by atoms with Crippen molar-refractivity contribution >= 4 is 17.2 Å². The molecule has 0 unspecified atom stereocenters. The molecule has 1 N–H and O–H groups in total. The Kier molecular flexibility index (Phi) is 7.67. The monoisotopic (exact) mass is 495 g/mol. The third-order valence-electron chi connectivity index (χ3n) is 5.99. The van der Waals surface area contributed by atoms with E-state index in [2.05, 4.69) is 27.3 Å². The number of pyridine rings is 1. The van der Waals surface area contributed by atoms with E-state index in [0.29, 0.717) is 23.4 Å². The maximum Gasteiger partial charge on any atom is 0.434 e. The van der Waals surface area contributed by atoms with Gasteiger partial charge in [-0.3, -0.25) is 9.78 Å². The number of aryl methyl sites for hydroxylation is 1. The Morgan fingerprint density at radius 2 is 1.83 bits per heavy atom. The minimum absolute atomic E-state index is 0.0232. The molecule has 36 heavy (non-hydrogen) atoms. The summed E-state index contributed by atoms with van der Waals surface area (Å²) in [5, 5.41) is 7.35. The highest BCUT2D eigenvalue weighted by atomic mass is 19.4. The Bertz CT molecular complexity index is 1360. The first-order chi connectivity index (χ1) is 17.3. The number of fused-ring (bicyclic) bond motifs is 1. The van der Waals surface area contributed by atoms with Gasteiger partial charge in [0.1, 0.15) is 0 Å². The summed E-state index contributed by atoms with van der Waals surface area (Å²) in [7, 11) is 0. The number of nitrogens with zero attached hydrogens (tertiary/aromatic N) is 4. The predicted molar refractivity (Wildman–Crippen MR) is 133 cm³/mol. The Labute approximate surface area is 207 Å². The molecule has 1 aromatic carbocycles. The van der Waals surface area contributed by atoms with E-state index in [1.165, 1.54) is 29.1 Å². The first-order valence-corrected chi connectivity index (χ1v) is 12.1. The second-order valence-electron chi connectivity index (χ2n) is 8.79. The van der Waals surface area contributed by atoms with Gasteiger partial charge in [0, 0.05) is 29.4 Å². The Hall–Kier alpha value is -3.75. The maximum atomic E-state index is 13.4. The molecule has 0 aliphatic carbocycles. The van der Waals surface area contributed by atoms with Gasteiger partial charge >= 0.3 is 6.18 Å². The summed E-state index contributed by atoms with van der Waals surface area (Å²) >= 11 is 0. The predicted octanol–water partition coefficient (Wildman–Crippen LogP) is 7.08. The summed E-state index contributed by atoms with van der Waals surface area (Å²) < 4.78 is 41.7. The summed E-state index contributed by atoms with van der Waals surface area (Å²) in [6.07, 6.45) is 4.04. The fraction of sp³-hybridized carbons (Fsp3) is 0.333. The van der Waals surface area contributed by atoms with Crippen LogP contribution in [0.5, 0.6) is 0 Å². The molecule has 0 aliphatic rings. The van der Waals surface area contributed by atoms with Gasteiger partial charge in [-0.1, -0.05) is 44.7 Å². The summed E-state index contributed by atoms with van der Waals surface area (Å²) in [4.78, 5) is 20.5. The van der Waals surface area contributed by atoms with E-state index in [1.54, 1.807) is 12.3 Å². The van der Waals surface area contributed by atoms with Crippen molar-refractivity contribution in [3.63, 3.8) is 0 Å². The minimum Gasteiger partial charge on any atom is -0.326 e. The number of hydrogen-bond acceptors (Lipinski definition) is 4. The number of imidazole rings is 1. The van der Waals surface area contributed by atoms with Gasteiger partial charge in [0.25, 0.3) is 0 Å². The third-order valence-corrected chi connectivity index (χ3v) is 5.99. The molecule has 1 amide bonds. The average molecular weight is 496 g/mol. The lowest BCUT2D eigenvalue weighted by atomic mass is 10.1. The van der Waals surface area contributed by atoms with E-state index < -0.39 is 11.9 Å². The number of carbonyl (C=O) groups is 1. The molecule has 0 aliphatic heterocycles. The van der Waals surface area contributed by atoms with E-state index in [9.17, 15) is 18.0 Å². The van der Waals surface area contributed by atoms with Crippen LogP contribution in [0.2, 0.25) is 0 Å². The van der Waals surface area contributed by atoms with Gasteiger partial charge in [-0.2, -0.15) is 18.3 Å². The SMILES string of the molecule is CCCCCCCC(=O)Nc1cc(-c2cn3nc(-c4cccnc4C(F)(F)F)ccc3n2)ccc1C. The molecule has 0 spiro atoms. The highest BCUT2D eigenvalue weighted by Gasteiger charge is 2.35. The van der Waals surface area contributed by atoms with Gasteiger partial charge in [-0.05, 0) is 49.2 Å². The van der Waals surface area contributed by atoms with E-state index in [-0.39, 0.29) is 17.2 Å². The van der Waals surface area contributed by atoms with Crippen LogP contribution in [-0.2, 0) is 11.0 Å². The van der Waals surface area contributed by atoms with E-state index in [0.717, 1.165) is 43.0 Å². The third kappa shape index (κ3) is 5.90. The molecule has 0 saturated heterocycles. The van der Waals surface area contributed by atoms with Gasteiger partial charge in [0.05, 0.1) is 17.6 Å². The second kappa shape index (κ2) is 10.9. The van der Waals surface area contributed by atoms with E-state index in [1.807, 2.05) is 25.1 Å². The lowest BCUT2D eigenvalue weighted by molar-refractivity contribution is -0.140. The van der Waals surface area contributed by atoms with Crippen molar-refractivity contribution in [1.29, 1.82) is 0 Å². The summed E-state index contributed by atoms with van der Waals surface area (Å²) in [5.41, 5.74) is 2.55. The highest BCUT2D eigenvalue weighted by molar-refractivity contribution is 5.92. The first-order valence-electron chi connectivity index (χ1n) is 12.1. The summed E-state index contributed by atoms with van der Waals surface area (Å²) in [5.74, 6) is -0.0232. The molecular weight excluding hydrogens is 467 g/mol. The fourth-order valence-corrected chi connectivity index (χ4v) is 4.02. The van der Waals surface area contributed by atoms with Gasteiger partial charge in [0.2, 0.25) is 5.91 Å². The lowest BCUT2D eigenvalue weighted by Gasteiger charge is -2.10. The number of carbonyl (C=O) groups excluding carboxylic acids is 1. The number of anilines is 1. The highest BCUT2D eigenvalue weighted by Crippen LogP contribution is 2.34. The number of amides is 1. The Morgan fingerprint density at radius 3 is 2.61 bits per heavy atom. The fourth-order valence-electron chi connectivity index (χ4n) is 4.02. The van der Waals surface area contributed by atoms with Crippen molar-refractivity contribution in [3.05, 3.63) is 66.1 Å². The molecule has 0 atom stereocenters. The van der Waals surface area contributed by atoms with E-state index in [4.69, 9.17) is 0 Å². The Balaban J connectivity index is 1.56. The van der Waals surface area contributed by atoms with Crippen LogP contribution in [0.3, 0.4) is 0 Å². The standard InChI is InChI=1S/C27H28F3N5O/c1-3-4-5-6-7-10-25(36)33-22-16-19(12-11-18(22)2)23-17-35-24(32-23)14-13-21(34-35)20-9-8-15-31-26(20)27(28,29)30/h8-9,11-17H,3-7,10H2,1-2H3,(H,33,36). The summed E-state index contributed by atoms with van der Waals surface area (Å²) in [6.45, 7) is 4.08. The van der Waals surface area contributed by atoms with Crippen LogP contribution in [-0.4, -0.2) is 25.5 Å². The molecule has 6 nitrogen and oxygen atoms in total. The zero-order valence-electron chi connectivity index (χ0n) is 20.3. The number of hydrogen-bond donors (Lipinski definition) is 1. The molecule has 0 radical (unpaired) electrons. The van der Waals surface area contributed by atoms with Crippen LogP contribution < -0.4 is 5.32 Å². The lowest BCUT2D eigenvalue weighted by Crippen LogP contribution is -2.12. The molecule has 3 aromatic heterocycles. The number of halogens is 3. The Morgan fingerprint density at radius 1 is 1.03 bits per heavy atom. The number of benzene rings is 1. The van der Waals surface area contributed by atoms with Crippen molar-refractivity contribution in [3.8, 4) is 22.5 Å². The van der Waals surface area contributed by atoms with Gasteiger partial charge < -0.3 is 5.32 Å². The smallest absolute Gasteiger partial charge is 0.326 e. The van der Waals surface area contributed by atoms with Crippen LogP contribution >= 0.6 is 0 Å². The molecule has 4 aromatic rings. The van der Waals surface area contributed by atoms with Crippen LogP contribution in [0.1, 0.15) is 56.7 Å². The average Bonchev–Trinajstić information content (AvgIpc) is 3.28. The number of alkyl halides is 3. The van der Waals surface area contributed by atoms with Crippen LogP contribution in [0.15, 0.2) is 54.9 Å². The number of unbranched alkanes of at least 4 members (excludes halogenated alkanes) is 4. The number of rotatable bonds is 9. The molecule has 0 fully saturated rings. The molecular formula is C27H28F3N5O. The first kappa shape index (κ1) is 25.3. The topological polar surface area (TPSA) is 72.2 Å². The largest absolute Gasteiger partial charge is 0.434 e. The molecule has 3 heterocycles. The number of nitrogens with one attached hydrogen (secondary N) is 1. The van der Waals surface area contributed by atoms with Gasteiger partial charge in [-0.15, -0.1) is 0 Å². The molecule has 0 bridgehead atoms. The molecule has 4 rings (SSSR count). The normalized spacial score (nSPS) is 11.7. The van der Waals surface area contributed by atoms with E-state index >= 15 is 0 Å². The van der Waals surface area contributed by atoms with Crippen molar-refractivity contribution in [2.24, 2.45) is 0 Å². The van der Waals surface area contributed by atoms with Crippen molar-refractivity contribution in [1.82, 2.24) is 19.6 Å². The van der Waals surface area contributed by atoms with Crippen molar-refractivity contribution in [2.75, 3.05) is 5.32 Å². The molecule has 188 valence electrons. The minimum atomic E-state index is -4.59. The number of aromatic nitrogens is 4. The summed E-state index contributed by atoms with van der Waals surface area (Å²) in [6, 6.07) is 11.6. The molecule has 9 heteroatoms. The van der Waals surface area contributed by atoms with Crippen molar-refractivity contribution < 1.29 is 18.0 Å². The zero-order chi connectivity index (χ0) is 25.7. The van der Waals surface area contributed by atoms with Crippen LogP contribution in [0, 0.1) is 6.92 Å². The van der Waals surface area contributed by atoms with Crippen LogP contribution in [0.4, 0.5) is 18.9 Å². The van der Waals surface area contributed by atoms with Gasteiger partial charge in [-0.25, -0.2) is 9.50 Å². The molecule has 0 saturated carbocycles.